The Balaban J connectivity index is 2.10. The van der Waals surface area contributed by atoms with Crippen LogP contribution >= 0.6 is 11.3 Å². The van der Waals surface area contributed by atoms with Crippen LogP contribution in [0.25, 0.3) is 0 Å². The molecule has 1 aromatic carbocycles. The van der Waals surface area contributed by atoms with Crippen molar-refractivity contribution in [1.29, 1.82) is 0 Å². The lowest BCUT2D eigenvalue weighted by Gasteiger charge is -2.07. The van der Waals surface area contributed by atoms with E-state index in [0.717, 1.165) is 35.6 Å². The molecule has 0 atom stereocenters. The Morgan fingerprint density at radius 2 is 1.96 bits per heavy atom. The highest BCUT2D eigenvalue weighted by atomic mass is 32.1. The average Bonchev–Trinajstić information content (AvgIpc) is 2.92. The fraction of sp³-hybridized carbons (Fsp3) is 0.188. The molecule has 0 fully saturated rings. The van der Waals surface area contributed by atoms with Crippen molar-refractivity contribution in [3.05, 3.63) is 58.6 Å². The molecule has 0 bridgehead atoms. The zero-order valence-electron chi connectivity index (χ0n) is 13.0. The van der Waals surface area contributed by atoms with Crippen molar-refractivity contribution >= 4 is 28.3 Å². The van der Waals surface area contributed by atoms with Gasteiger partial charge < -0.3 is 4.74 Å². The summed E-state index contributed by atoms with van der Waals surface area (Å²) in [7, 11) is 0. The predicted octanol–water partition coefficient (Wildman–Crippen LogP) is 4.07. The number of hydrogen-bond donors (Lipinski definition) is 1. The first-order valence-electron chi connectivity index (χ1n) is 6.96. The molecule has 0 saturated carbocycles. The normalized spacial score (nSPS) is 11.0. The van der Waals surface area contributed by atoms with Crippen LogP contribution in [0.3, 0.4) is 0 Å². The number of halogens is 3. The molecule has 0 unspecified atom stereocenters. The maximum absolute atomic E-state index is 12.5. The number of rotatable bonds is 5. The minimum atomic E-state index is -4.47. The number of hydrogen-bond acceptors (Lipinski definition) is 5. The van der Waals surface area contributed by atoms with Crippen molar-refractivity contribution in [3.63, 3.8) is 0 Å². The first-order chi connectivity index (χ1) is 11.7. The van der Waals surface area contributed by atoms with Gasteiger partial charge in [-0.25, -0.2) is 9.78 Å². The number of nitrogens with one attached hydrogen (secondary N) is 1. The maximum Gasteiger partial charge on any atom is 0.416 e. The number of nitrogens with zero attached hydrogens (tertiary/aromatic N) is 1. The molecular weight excluding hydrogens is 357 g/mol. The zero-order valence-corrected chi connectivity index (χ0v) is 13.8. The number of amides is 1. The van der Waals surface area contributed by atoms with Gasteiger partial charge in [-0.3, -0.25) is 10.1 Å². The van der Waals surface area contributed by atoms with Crippen LogP contribution in [0, 0.1) is 6.92 Å². The van der Waals surface area contributed by atoms with Gasteiger partial charge in [0.25, 0.3) is 5.91 Å². The van der Waals surface area contributed by atoms with Gasteiger partial charge in [-0.05, 0) is 31.2 Å². The third-order valence-electron chi connectivity index (χ3n) is 3.01. The van der Waals surface area contributed by atoms with Crippen molar-refractivity contribution in [2.45, 2.75) is 13.1 Å². The molecule has 2 aromatic rings. The van der Waals surface area contributed by atoms with Crippen LogP contribution in [-0.2, 0) is 10.9 Å². The second kappa shape index (κ2) is 7.47. The molecule has 0 aliphatic rings. The van der Waals surface area contributed by atoms with Crippen molar-refractivity contribution in [3.8, 4) is 0 Å². The summed E-state index contributed by atoms with van der Waals surface area (Å²) in [4.78, 5) is 28.2. The van der Waals surface area contributed by atoms with Crippen LogP contribution in [-0.4, -0.2) is 23.5 Å². The first-order valence-corrected chi connectivity index (χ1v) is 7.78. The van der Waals surface area contributed by atoms with Gasteiger partial charge in [0.1, 0.15) is 11.5 Å². The Morgan fingerprint density at radius 1 is 1.32 bits per heavy atom. The van der Waals surface area contributed by atoms with Crippen molar-refractivity contribution in [1.82, 2.24) is 4.98 Å². The van der Waals surface area contributed by atoms with E-state index < -0.39 is 23.6 Å². The minimum absolute atomic E-state index is 0.0386. The van der Waals surface area contributed by atoms with Crippen LogP contribution in [0.15, 0.2) is 36.9 Å². The van der Waals surface area contributed by atoms with E-state index in [1.165, 1.54) is 6.08 Å². The van der Waals surface area contributed by atoms with Crippen LogP contribution < -0.4 is 5.32 Å². The third-order valence-corrected chi connectivity index (χ3v) is 4.06. The van der Waals surface area contributed by atoms with Gasteiger partial charge in [0, 0.05) is 5.56 Å². The number of alkyl halides is 3. The van der Waals surface area contributed by atoms with Crippen molar-refractivity contribution in [2.24, 2.45) is 0 Å². The Morgan fingerprint density at radius 3 is 2.52 bits per heavy atom. The lowest BCUT2D eigenvalue weighted by atomic mass is 10.1. The van der Waals surface area contributed by atoms with Crippen LogP contribution in [0.4, 0.5) is 18.3 Å². The van der Waals surface area contributed by atoms with E-state index in [4.69, 9.17) is 4.74 Å². The second-order valence-corrected chi connectivity index (χ2v) is 5.85. The number of aromatic nitrogens is 1. The summed E-state index contributed by atoms with van der Waals surface area (Å²) < 4.78 is 42.5. The Hall–Kier alpha value is -2.68. The smallest absolute Gasteiger partial charge is 0.416 e. The van der Waals surface area contributed by atoms with E-state index in [0.29, 0.717) is 5.69 Å². The minimum Gasteiger partial charge on any atom is -0.457 e. The summed E-state index contributed by atoms with van der Waals surface area (Å²) in [5.41, 5.74) is -0.431. The summed E-state index contributed by atoms with van der Waals surface area (Å²) in [6.07, 6.45) is -3.05. The van der Waals surface area contributed by atoms with Gasteiger partial charge in [0.2, 0.25) is 0 Å². The number of benzene rings is 1. The summed E-state index contributed by atoms with van der Waals surface area (Å²) >= 11 is 0.917. The van der Waals surface area contributed by atoms with E-state index in [1.54, 1.807) is 6.92 Å². The highest BCUT2D eigenvalue weighted by Crippen LogP contribution is 2.29. The molecule has 1 aromatic heterocycles. The van der Waals surface area contributed by atoms with Crippen LogP contribution in [0.5, 0.6) is 0 Å². The highest BCUT2D eigenvalue weighted by molar-refractivity contribution is 7.17. The quantitative estimate of drug-likeness (QED) is 0.636. The van der Waals surface area contributed by atoms with Gasteiger partial charge in [-0.15, -0.1) is 0 Å². The number of ether oxygens (including phenoxy) is 1. The van der Waals surface area contributed by atoms with E-state index in [-0.39, 0.29) is 22.2 Å². The molecule has 1 heterocycles. The standard InChI is InChI=1S/C16H13F3N2O3S/c1-3-8-24-14(23)12-9(2)20-15(25-12)21-13(22)10-4-6-11(7-5-10)16(17,18)19/h3-7H,1,8H2,2H3,(H,20,21,22). The topological polar surface area (TPSA) is 68.3 Å². The largest absolute Gasteiger partial charge is 0.457 e. The van der Waals surface area contributed by atoms with Gasteiger partial charge in [-0.1, -0.05) is 24.0 Å². The number of thiazole rings is 1. The molecule has 0 saturated heterocycles. The average molecular weight is 370 g/mol. The molecule has 0 aliphatic carbocycles. The first kappa shape index (κ1) is 18.7. The number of carbonyl (C=O) groups excluding carboxylic acids is 2. The molecule has 0 radical (unpaired) electrons. The van der Waals surface area contributed by atoms with Crippen molar-refractivity contribution < 1.29 is 27.5 Å². The van der Waals surface area contributed by atoms with E-state index in [1.807, 2.05) is 0 Å². The van der Waals surface area contributed by atoms with Gasteiger partial charge in [0.05, 0.1) is 11.3 Å². The fourth-order valence-corrected chi connectivity index (χ4v) is 2.67. The SMILES string of the molecule is C=CCOC(=O)c1sc(NC(=O)c2ccc(C(F)(F)F)cc2)nc1C. The van der Waals surface area contributed by atoms with Crippen LogP contribution in [0.2, 0.25) is 0 Å². The number of anilines is 1. The number of aryl methyl sites for hydroxylation is 1. The number of carbonyl (C=O) groups is 2. The Kier molecular flexibility index (Phi) is 5.58. The fourth-order valence-electron chi connectivity index (χ4n) is 1.82. The van der Waals surface area contributed by atoms with Gasteiger partial charge >= 0.3 is 12.1 Å². The summed E-state index contributed by atoms with van der Waals surface area (Å²) in [5, 5.41) is 2.59. The summed E-state index contributed by atoms with van der Waals surface area (Å²) in [6, 6.07) is 3.77. The van der Waals surface area contributed by atoms with Gasteiger partial charge in [-0.2, -0.15) is 13.2 Å². The zero-order chi connectivity index (χ0) is 18.6. The monoisotopic (exact) mass is 370 g/mol. The molecule has 9 heteroatoms. The molecule has 0 aliphatic heterocycles. The van der Waals surface area contributed by atoms with E-state index in [9.17, 15) is 22.8 Å². The molecule has 2 rings (SSSR count). The molecule has 25 heavy (non-hydrogen) atoms. The third kappa shape index (κ3) is 4.66. The Bertz CT molecular complexity index is 798. The van der Waals surface area contributed by atoms with Crippen molar-refractivity contribution in [2.75, 3.05) is 11.9 Å². The maximum atomic E-state index is 12.5. The molecule has 1 N–H and O–H groups in total. The van der Waals surface area contributed by atoms with Crippen LogP contribution in [0.1, 0.15) is 31.3 Å². The molecule has 5 nitrogen and oxygen atoms in total. The second-order valence-electron chi connectivity index (χ2n) is 4.85. The summed E-state index contributed by atoms with van der Waals surface area (Å²) in [6.45, 7) is 5.05. The molecule has 132 valence electrons. The number of esters is 1. The highest BCUT2D eigenvalue weighted by Gasteiger charge is 2.30. The summed E-state index contributed by atoms with van der Waals surface area (Å²) in [5.74, 6) is -1.22. The molecular formula is C16H13F3N2O3S. The molecule has 0 spiro atoms. The Labute approximate surface area is 145 Å². The lowest BCUT2D eigenvalue weighted by molar-refractivity contribution is -0.137. The predicted molar refractivity (Wildman–Crippen MR) is 86.7 cm³/mol. The van der Waals surface area contributed by atoms with E-state index >= 15 is 0 Å². The van der Waals surface area contributed by atoms with Gasteiger partial charge in [0.15, 0.2) is 5.13 Å². The lowest BCUT2D eigenvalue weighted by Crippen LogP contribution is -2.12. The van der Waals surface area contributed by atoms with E-state index in [2.05, 4.69) is 16.9 Å². The molecule has 1 amide bonds.